The highest BCUT2D eigenvalue weighted by atomic mass is 32.2. The number of nitrogens with one attached hydrogen (secondary N) is 1. The summed E-state index contributed by atoms with van der Waals surface area (Å²) in [5.74, 6) is -0.128. The molecule has 6 nitrogen and oxygen atoms in total. The second-order valence-corrected chi connectivity index (χ2v) is 7.32. The molecule has 0 saturated carbocycles. The highest BCUT2D eigenvalue weighted by Gasteiger charge is 2.23. The van der Waals surface area contributed by atoms with E-state index in [4.69, 9.17) is 0 Å². The molecule has 0 heterocycles. The fraction of sp³-hybridized carbons (Fsp3) is 0.333. The Morgan fingerprint density at radius 2 is 1.57 bits per heavy atom. The zero-order valence-electron chi connectivity index (χ0n) is 15.7. The molecule has 0 unspecified atom stereocenters. The zero-order chi connectivity index (χ0) is 20.2. The van der Waals surface area contributed by atoms with Crippen molar-refractivity contribution in [1.29, 1.82) is 0 Å². The van der Waals surface area contributed by atoms with Crippen LogP contribution in [0.3, 0.4) is 0 Å². The lowest BCUT2D eigenvalue weighted by Gasteiger charge is -2.24. The zero-order valence-corrected chi connectivity index (χ0v) is 16.5. The van der Waals surface area contributed by atoms with Crippen molar-refractivity contribution in [2.45, 2.75) is 18.2 Å². The van der Waals surface area contributed by atoms with Crippen LogP contribution in [0.2, 0.25) is 0 Å². The molecule has 2 aromatic rings. The number of rotatable bonds is 11. The minimum absolute atomic E-state index is 0.155. The van der Waals surface area contributed by atoms with E-state index in [0.29, 0.717) is 18.7 Å². The lowest BCUT2D eigenvalue weighted by Crippen LogP contribution is -2.50. The largest absolute Gasteiger partial charge is 0.480 e. The van der Waals surface area contributed by atoms with E-state index in [1.807, 2.05) is 60.7 Å². The number of urea groups is 1. The van der Waals surface area contributed by atoms with Gasteiger partial charge in [-0.2, -0.15) is 11.8 Å². The van der Waals surface area contributed by atoms with Crippen LogP contribution in [0.1, 0.15) is 11.1 Å². The molecule has 2 aromatic carbocycles. The van der Waals surface area contributed by atoms with Crippen LogP contribution in [-0.2, 0) is 17.0 Å². The highest BCUT2D eigenvalue weighted by molar-refractivity contribution is 7.98. The molecule has 3 N–H and O–H groups in total. The van der Waals surface area contributed by atoms with Crippen molar-refractivity contribution in [3.63, 3.8) is 0 Å². The standard InChI is InChI=1S/C21H26N2O4S/c24-14-13-23(12-11-17-7-3-1-4-8-17)21(27)22-19(20(25)26)16-28-15-18-9-5-2-6-10-18/h1-10,19,24H,11-16H2,(H,22,27)(H,25,26)/t19-/m0/s1. The molecule has 150 valence electrons. The molecule has 0 aliphatic rings. The number of carbonyl (C=O) groups is 2. The minimum Gasteiger partial charge on any atom is -0.480 e. The Bertz CT molecular complexity index is 728. The SMILES string of the molecule is O=C(O)[C@H](CSCc1ccccc1)NC(=O)N(CCO)CCc1ccccc1. The molecule has 0 spiro atoms. The average Bonchev–Trinajstić information content (AvgIpc) is 2.71. The van der Waals surface area contributed by atoms with Crippen LogP contribution in [0.4, 0.5) is 4.79 Å². The van der Waals surface area contributed by atoms with Gasteiger partial charge in [0.15, 0.2) is 0 Å². The predicted octanol–water partition coefficient (Wildman–Crippen LogP) is 2.62. The molecule has 2 amide bonds. The maximum absolute atomic E-state index is 12.5. The van der Waals surface area contributed by atoms with Gasteiger partial charge < -0.3 is 20.4 Å². The number of hydrogen-bond acceptors (Lipinski definition) is 4. The van der Waals surface area contributed by atoms with Crippen LogP contribution in [0.25, 0.3) is 0 Å². The van der Waals surface area contributed by atoms with Gasteiger partial charge in [0.2, 0.25) is 0 Å². The quantitative estimate of drug-likeness (QED) is 0.538. The first-order valence-corrected chi connectivity index (χ1v) is 10.3. The minimum atomic E-state index is -1.07. The first-order chi connectivity index (χ1) is 13.6. The number of aliphatic hydroxyl groups excluding tert-OH is 1. The van der Waals surface area contributed by atoms with Crippen LogP contribution >= 0.6 is 11.8 Å². The topological polar surface area (TPSA) is 89.9 Å². The van der Waals surface area contributed by atoms with E-state index < -0.39 is 18.0 Å². The van der Waals surface area contributed by atoms with Crippen LogP contribution < -0.4 is 5.32 Å². The number of carbonyl (C=O) groups excluding carboxylic acids is 1. The van der Waals surface area contributed by atoms with Gasteiger partial charge in [-0.25, -0.2) is 9.59 Å². The van der Waals surface area contributed by atoms with Gasteiger partial charge in [0, 0.05) is 24.6 Å². The van der Waals surface area contributed by atoms with Crippen molar-refractivity contribution < 1.29 is 19.8 Å². The second kappa shape index (κ2) is 12.0. The van der Waals surface area contributed by atoms with Gasteiger partial charge in [0.05, 0.1) is 6.61 Å². The summed E-state index contributed by atoms with van der Waals surface area (Å²) in [5, 5.41) is 21.3. The van der Waals surface area contributed by atoms with E-state index in [-0.39, 0.29) is 18.9 Å². The number of aliphatic carboxylic acids is 1. The van der Waals surface area contributed by atoms with Gasteiger partial charge in [-0.15, -0.1) is 0 Å². The Balaban J connectivity index is 1.87. The van der Waals surface area contributed by atoms with E-state index in [2.05, 4.69) is 5.32 Å². The molecular weight excluding hydrogens is 376 g/mol. The first-order valence-electron chi connectivity index (χ1n) is 9.15. The maximum Gasteiger partial charge on any atom is 0.327 e. The monoisotopic (exact) mass is 402 g/mol. The van der Waals surface area contributed by atoms with E-state index in [0.717, 1.165) is 11.1 Å². The molecule has 0 saturated heterocycles. The van der Waals surface area contributed by atoms with Crippen molar-refractivity contribution in [3.05, 3.63) is 71.8 Å². The van der Waals surface area contributed by atoms with Crippen LogP contribution in [0.5, 0.6) is 0 Å². The van der Waals surface area contributed by atoms with Crippen LogP contribution in [0.15, 0.2) is 60.7 Å². The van der Waals surface area contributed by atoms with Crippen molar-refractivity contribution in [2.24, 2.45) is 0 Å². The van der Waals surface area contributed by atoms with Crippen molar-refractivity contribution in [3.8, 4) is 0 Å². The first kappa shape index (κ1) is 21.8. The molecule has 0 aromatic heterocycles. The third-order valence-electron chi connectivity index (χ3n) is 4.16. The van der Waals surface area contributed by atoms with Crippen molar-refractivity contribution in [1.82, 2.24) is 10.2 Å². The normalized spacial score (nSPS) is 11.6. The predicted molar refractivity (Wildman–Crippen MR) is 111 cm³/mol. The summed E-state index contributed by atoms with van der Waals surface area (Å²) in [6, 6.07) is 18.0. The molecule has 0 aliphatic heterocycles. The summed E-state index contributed by atoms with van der Waals surface area (Å²) in [6.07, 6.45) is 0.634. The number of amides is 2. The Morgan fingerprint density at radius 3 is 2.14 bits per heavy atom. The van der Waals surface area contributed by atoms with Crippen LogP contribution in [0, 0.1) is 0 Å². The number of benzene rings is 2. The molecule has 0 aliphatic carbocycles. The smallest absolute Gasteiger partial charge is 0.327 e. The maximum atomic E-state index is 12.5. The fourth-order valence-corrected chi connectivity index (χ4v) is 3.64. The number of nitrogens with zero attached hydrogens (tertiary/aromatic N) is 1. The molecule has 2 rings (SSSR count). The summed E-state index contributed by atoms with van der Waals surface area (Å²) in [5.41, 5.74) is 2.18. The third kappa shape index (κ3) is 7.62. The molecular formula is C21H26N2O4S. The van der Waals surface area contributed by atoms with Gasteiger partial charge >= 0.3 is 12.0 Å². The van der Waals surface area contributed by atoms with Crippen molar-refractivity contribution in [2.75, 3.05) is 25.4 Å². The van der Waals surface area contributed by atoms with E-state index >= 15 is 0 Å². The number of carboxylic acids is 1. The summed E-state index contributed by atoms with van der Waals surface area (Å²) in [6.45, 7) is 0.380. The summed E-state index contributed by atoms with van der Waals surface area (Å²) in [4.78, 5) is 25.5. The Kier molecular flexibility index (Phi) is 9.37. The fourth-order valence-electron chi connectivity index (χ4n) is 2.63. The molecule has 0 bridgehead atoms. The average molecular weight is 403 g/mol. The van der Waals surface area contributed by atoms with Gasteiger partial charge in [-0.3, -0.25) is 0 Å². The Hall–Kier alpha value is -2.51. The Labute approximate surface area is 169 Å². The van der Waals surface area contributed by atoms with E-state index in [9.17, 15) is 19.8 Å². The number of thioether (sulfide) groups is 1. The molecule has 0 radical (unpaired) electrons. The van der Waals surface area contributed by atoms with E-state index in [1.165, 1.54) is 16.7 Å². The van der Waals surface area contributed by atoms with Gasteiger partial charge in [0.1, 0.15) is 6.04 Å². The Morgan fingerprint density at radius 1 is 0.964 bits per heavy atom. The van der Waals surface area contributed by atoms with Crippen molar-refractivity contribution >= 4 is 23.8 Å². The lowest BCUT2D eigenvalue weighted by molar-refractivity contribution is -0.138. The molecule has 1 atom stereocenters. The van der Waals surface area contributed by atoms with Gasteiger partial charge in [-0.1, -0.05) is 60.7 Å². The van der Waals surface area contributed by atoms with Gasteiger partial charge in [0.25, 0.3) is 0 Å². The summed E-state index contributed by atoms with van der Waals surface area (Å²) in [7, 11) is 0. The van der Waals surface area contributed by atoms with Gasteiger partial charge in [-0.05, 0) is 17.5 Å². The summed E-state index contributed by atoms with van der Waals surface area (Å²) >= 11 is 1.46. The number of hydrogen-bond donors (Lipinski definition) is 3. The van der Waals surface area contributed by atoms with E-state index in [1.54, 1.807) is 0 Å². The molecule has 0 fully saturated rings. The third-order valence-corrected chi connectivity index (χ3v) is 5.27. The molecule has 28 heavy (non-hydrogen) atoms. The lowest BCUT2D eigenvalue weighted by atomic mass is 10.1. The number of carboxylic acid groups (broad SMARTS) is 1. The number of aliphatic hydroxyl groups is 1. The van der Waals surface area contributed by atoms with Crippen LogP contribution in [-0.4, -0.2) is 58.6 Å². The highest BCUT2D eigenvalue weighted by Crippen LogP contribution is 2.13. The second-order valence-electron chi connectivity index (χ2n) is 6.29. The summed E-state index contributed by atoms with van der Waals surface area (Å²) < 4.78 is 0. The molecule has 7 heteroatoms.